The first-order valence-electron chi connectivity index (χ1n) is 9.46. The highest BCUT2D eigenvalue weighted by Crippen LogP contribution is 2.39. The molecule has 1 saturated heterocycles. The van der Waals surface area contributed by atoms with E-state index in [1.54, 1.807) is 5.57 Å². The molecule has 1 unspecified atom stereocenters. The Kier molecular flexibility index (Phi) is 6.74. The Hall–Kier alpha value is -0.560. The van der Waals surface area contributed by atoms with Gasteiger partial charge in [-0.15, -0.1) is 0 Å². The van der Waals surface area contributed by atoms with Gasteiger partial charge in [-0.2, -0.15) is 0 Å². The topological polar surface area (TPSA) is 12.5 Å². The highest BCUT2D eigenvalue weighted by atomic mass is 16.6. The van der Waals surface area contributed by atoms with Gasteiger partial charge in [-0.3, -0.25) is 0 Å². The second-order valence-corrected chi connectivity index (χ2v) is 8.13. The molecular formula is C21H36O. The Morgan fingerprint density at radius 1 is 1.00 bits per heavy atom. The van der Waals surface area contributed by atoms with Crippen molar-refractivity contribution in [3.63, 3.8) is 0 Å². The highest BCUT2D eigenvalue weighted by Gasteiger charge is 2.46. The summed E-state index contributed by atoms with van der Waals surface area (Å²) in [6.07, 6.45) is 18.9. The van der Waals surface area contributed by atoms with Crippen LogP contribution in [0.25, 0.3) is 0 Å². The molecule has 2 aliphatic rings. The van der Waals surface area contributed by atoms with Crippen LogP contribution in [-0.4, -0.2) is 11.7 Å². The molecule has 126 valence electrons. The Balaban J connectivity index is 1.58. The van der Waals surface area contributed by atoms with Gasteiger partial charge in [-0.1, -0.05) is 55.4 Å². The van der Waals surface area contributed by atoms with E-state index >= 15 is 0 Å². The van der Waals surface area contributed by atoms with E-state index in [0.717, 1.165) is 5.92 Å². The van der Waals surface area contributed by atoms with E-state index < -0.39 is 0 Å². The van der Waals surface area contributed by atoms with E-state index in [0.29, 0.717) is 6.10 Å². The third-order valence-electron chi connectivity index (χ3n) is 5.52. The molecule has 1 saturated carbocycles. The van der Waals surface area contributed by atoms with Crippen molar-refractivity contribution >= 4 is 0 Å². The lowest BCUT2D eigenvalue weighted by molar-refractivity contribution is 0.320. The Labute approximate surface area is 138 Å². The largest absolute Gasteiger partial charge is 0.367 e. The van der Waals surface area contributed by atoms with Gasteiger partial charge < -0.3 is 4.74 Å². The predicted octanol–water partition coefficient (Wildman–Crippen LogP) is 6.59. The smallest absolute Gasteiger partial charge is 0.0892 e. The molecule has 0 aromatic carbocycles. The van der Waals surface area contributed by atoms with Crippen LogP contribution in [0.4, 0.5) is 0 Å². The fourth-order valence-electron chi connectivity index (χ4n) is 3.64. The van der Waals surface area contributed by atoms with Gasteiger partial charge in [0.1, 0.15) is 0 Å². The van der Waals surface area contributed by atoms with E-state index in [9.17, 15) is 0 Å². The maximum atomic E-state index is 5.65. The van der Waals surface area contributed by atoms with Crippen molar-refractivity contribution in [2.45, 2.75) is 104 Å². The van der Waals surface area contributed by atoms with Crippen LogP contribution in [0.2, 0.25) is 0 Å². The second-order valence-electron chi connectivity index (χ2n) is 8.13. The Bertz CT molecular complexity index is 396. The molecule has 2 fully saturated rings. The third-order valence-corrected chi connectivity index (χ3v) is 5.52. The van der Waals surface area contributed by atoms with Gasteiger partial charge in [0.2, 0.25) is 0 Å². The molecule has 0 aromatic rings. The number of rotatable bonds is 8. The van der Waals surface area contributed by atoms with Gasteiger partial charge in [0.05, 0.1) is 11.7 Å². The maximum absolute atomic E-state index is 5.65. The van der Waals surface area contributed by atoms with Crippen molar-refractivity contribution in [3.8, 4) is 0 Å². The quantitative estimate of drug-likeness (QED) is 0.364. The minimum absolute atomic E-state index is 0.152. The fraction of sp³-hybridized carbons (Fsp3) is 0.810. The summed E-state index contributed by atoms with van der Waals surface area (Å²) in [6, 6.07) is 0. The van der Waals surface area contributed by atoms with Crippen molar-refractivity contribution in [3.05, 3.63) is 23.3 Å². The first-order valence-corrected chi connectivity index (χ1v) is 9.46. The van der Waals surface area contributed by atoms with Gasteiger partial charge in [0, 0.05) is 0 Å². The van der Waals surface area contributed by atoms with Crippen LogP contribution < -0.4 is 0 Å². The lowest BCUT2D eigenvalue weighted by Crippen LogP contribution is -2.04. The monoisotopic (exact) mass is 304 g/mol. The zero-order chi connectivity index (χ0) is 16.0. The molecule has 0 N–H and O–H groups in total. The molecule has 1 atom stereocenters. The molecule has 0 aromatic heterocycles. The number of allylic oxidation sites excluding steroid dienone is 4. The fourth-order valence-corrected chi connectivity index (χ4v) is 3.64. The van der Waals surface area contributed by atoms with Crippen molar-refractivity contribution < 1.29 is 4.74 Å². The molecule has 1 heteroatoms. The molecule has 1 nitrogen and oxygen atoms in total. The lowest BCUT2D eigenvalue weighted by atomic mass is 9.86. The molecule has 0 amide bonds. The van der Waals surface area contributed by atoms with Crippen molar-refractivity contribution in [2.24, 2.45) is 5.92 Å². The summed E-state index contributed by atoms with van der Waals surface area (Å²) in [7, 11) is 0. The first-order chi connectivity index (χ1) is 10.5. The summed E-state index contributed by atoms with van der Waals surface area (Å²) >= 11 is 0. The van der Waals surface area contributed by atoms with E-state index in [-0.39, 0.29) is 5.60 Å². The molecule has 22 heavy (non-hydrogen) atoms. The second kappa shape index (κ2) is 8.34. The maximum Gasteiger partial charge on any atom is 0.0892 e. The third kappa shape index (κ3) is 6.28. The zero-order valence-electron chi connectivity index (χ0n) is 15.3. The van der Waals surface area contributed by atoms with E-state index in [4.69, 9.17) is 4.74 Å². The molecule has 1 heterocycles. The molecule has 1 aliphatic heterocycles. The average Bonchev–Trinajstić information content (AvgIpc) is 3.11. The summed E-state index contributed by atoms with van der Waals surface area (Å²) in [5.74, 6) is 0.975. The Morgan fingerprint density at radius 2 is 1.64 bits per heavy atom. The normalized spacial score (nSPS) is 26.3. The minimum Gasteiger partial charge on any atom is -0.367 e. The molecule has 1 aliphatic carbocycles. The number of hydrogen-bond acceptors (Lipinski definition) is 1. The molecule has 0 bridgehead atoms. The molecular weight excluding hydrogens is 268 g/mol. The van der Waals surface area contributed by atoms with Crippen LogP contribution in [0.15, 0.2) is 23.3 Å². The minimum atomic E-state index is 0.152. The van der Waals surface area contributed by atoms with E-state index in [1.165, 1.54) is 69.8 Å². The summed E-state index contributed by atoms with van der Waals surface area (Å²) in [5.41, 5.74) is 3.27. The van der Waals surface area contributed by atoms with E-state index in [2.05, 4.69) is 39.8 Å². The van der Waals surface area contributed by atoms with Crippen LogP contribution in [0.1, 0.15) is 91.9 Å². The molecule has 0 radical (unpaired) electrons. The van der Waals surface area contributed by atoms with Crippen LogP contribution >= 0.6 is 0 Å². The summed E-state index contributed by atoms with van der Waals surface area (Å²) in [4.78, 5) is 0. The molecule has 2 rings (SSSR count). The molecule has 0 spiro atoms. The zero-order valence-corrected chi connectivity index (χ0v) is 15.3. The van der Waals surface area contributed by atoms with Gasteiger partial charge in [-0.25, -0.2) is 0 Å². The van der Waals surface area contributed by atoms with Gasteiger partial charge in [0.25, 0.3) is 0 Å². The predicted molar refractivity (Wildman–Crippen MR) is 96.1 cm³/mol. The van der Waals surface area contributed by atoms with Crippen LogP contribution in [0, 0.1) is 5.92 Å². The summed E-state index contributed by atoms with van der Waals surface area (Å²) in [6.45, 7) is 8.97. The van der Waals surface area contributed by atoms with Crippen LogP contribution in [0.3, 0.4) is 0 Å². The Morgan fingerprint density at radius 3 is 2.27 bits per heavy atom. The van der Waals surface area contributed by atoms with Crippen LogP contribution in [-0.2, 0) is 4.74 Å². The van der Waals surface area contributed by atoms with Crippen LogP contribution in [0.5, 0.6) is 0 Å². The SMILES string of the molecule is C/C(=C\CC1CCCCC1)CC/C=C(\C)CCC1OC1(C)C. The van der Waals surface area contributed by atoms with E-state index in [1.807, 2.05) is 0 Å². The van der Waals surface area contributed by atoms with Gasteiger partial charge >= 0.3 is 0 Å². The van der Waals surface area contributed by atoms with Crippen molar-refractivity contribution in [1.29, 1.82) is 0 Å². The number of ether oxygens (including phenoxy) is 1. The summed E-state index contributed by atoms with van der Waals surface area (Å²) in [5, 5.41) is 0. The van der Waals surface area contributed by atoms with Gasteiger partial charge in [-0.05, 0) is 65.7 Å². The number of epoxide rings is 1. The first kappa shape index (κ1) is 17.8. The average molecular weight is 305 g/mol. The standard InChI is InChI=1S/C21H36O/c1-17(13-15-19-11-6-5-7-12-19)9-8-10-18(2)14-16-20-21(3,4)22-20/h10,13,19-20H,5-9,11-12,14-16H2,1-4H3/b17-13+,18-10+. The summed E-state index contributed by atoms with van der Waals surface area (Å²) < 4.78 is 5.65. The lowest BCUT2D eigenvalue weighted by Gasteiger charge is -2.20. The van der Waals surface area contributed by atoms with Crippen molar-refractivity contribution in [1.82, 2.24) is 0 Å². The van der Waals surface area contributed by atoms with Crippen molar-refractivity contribution in [2.75, 3.05) is 0 Å². The number of hydrogen-bond donors (Lipinski definition) is 0. The highest BCUT2D eigenvalue weighted by molar-refractivity contribution is 5.05. The van der Waals surface area contributed by atoms with Gasteiger partial charge in [0.15, 0.2) is 0 Å².